The summed E-state index contributed by atoms with van der Waals surface area (Å²) in [6.07, 6.45) is 6.09. The van der Waals surface area contributed by atoms with Crippen molar-refractivity contribution in [1.29, 1.82) is 5.26 Å². The zero-order chi connectivity index (χ0) is 33.5. The lowest BCUT2D eigenvalue weighted by molar-refractivity contribution is 0.353. The maximum atomic E-state index is 9.86. The van der Waals surface area contributed by atoms with Crippen molar-refractivity contribution >= 4 is 0 Å². The summed E-state index contributed by atoms with van der Waals surface area (Å²) >= 11 is 0. The minimum Gasteiger partial charge on any atom is -0.228 e. The molecule has 0 unspecified atom stereocenters. The van der Waals surface area contributed by atoms with Crippen molar-refractivity contribution in [3.63, 3.8) is 0 Å². The van der Waals surface area contributed by atoms with Gasteiger partial charge in [-0.3, -0.25) is 0 Å². The van der Waals surface area contributed by atoms with Crippen molar-refractivity contribution in [2.75, 3.05) is 0 Å². The number of benzene rings is 6. The summed E-state index contributed by atoms with van der Waals surface area (Å²) in [6.45, 7) is 0. The van der Waals surface area contributed by atoms with Gasteiger partial charge in [0.15, 0.2) is 5.82 Å². The normalized spacial score (nSPS) is 14.1. The van der Waals surface area contributed by atoms with E-state index < -0.39 is 0 Å². The van der Waals surface area contributed by atoms with E-state index in [2.05, 4.69) is 115 Å². The van der Waals surface area contributed by atoms with Crippen LogP contribution in [0.4, 0.5) is 0 Å². The summed E-state index contributed by atoms with van der Waals surface area (Å²) in [7, 11) is 0. The molecule has 0 atom stereocenters. The van der Waals surface area contributed by atoms with Gasteiger partial charge in [-0.25, -0.2) is 9.97 Å². The van der Waals surface area contributed by atoms with E-state index in [-0.39, 0.29) is 5.41 Å². The quantitative estimate of drug-likeness (QED) is 0.188. The maximum Gasteiger partial charge on any atom is 0.160 e. The zero-order valence-corrected chi connectivity index (χ0v) is 27.8. The van der Waals surface area contributed by atoms with Gasteiger partial charge in [0.1, 0.15) is 0 Å². The number of fused-ring (bicyclic) bond motifs is 5. The molecule has 1 spiro atoms. The van der Waals surface area contributed by atoms with Crippen LogP contribution in [0.5, 0.6) is 0 Å². The summed E-state index contributed by atoms with van der Waals surface area (Å²) in [5.74, 6) is 0.711. The van der Waals surface area contributed by atoms with Crippen molar-refractivity contribution in [3.05, 3.63) is 168 Å². The number of hydrogen-bond acceptors (Lipinski definition) is 3. The summed E-state index contributed by atoms with van der Waals surface area (Å²) in [5, 5.41) is 9.86. The highest BCUT2D eigenvalue weighted by molar-refractivity contribution is 5.94. The van der Waals surface area contributed by atoms with Crippen LogP contribution >= 0.6 is 0 Å². The summed E-state index contributed by atoms with van der Waals surface area (Å²) < 4.78 is 0. The van der Waals surface area contributed by atoms with Gasteiger partial charge in [0.25, 0.3) is 0 Å². The fraction of sp³-hybridized carbons (Fsp3) is 0.128. The van der Waals surface area contributed by atoms with E-state index in [0.29, 0.717) is 5.82 Å². The Kier molecular flexibility index (Phi) is 7.44. The first kappa shape index (κ1) is 30.0. The van der Waals surface area contributed by atoms with Crippen LogP contribution < -0.4 is 0 Å². The average molecular weight is 642 g/mol. The molecule has 0 N–H and O–H groups in total. The fourth-order valence-electron chi connectivity index (χ4n) is 8.35. The summed E-state index contributed by atoms with van der Waals surface area (Å²) in [4.78, 5) is 10.1. The molecule has 0 radical (unpaired) electrons. The highest BCUT2D eigenvalue weighted by Gasteiger charge is 2.44. The Morgan fingerprint density at radius 1 is 0.460 bits per heavy atom. The molecule has 1 heterocycles. The topological polar surface area (TPSA) is 49.6 Å². The van der Waals surface area contributed by atoms with Gasteiger partial charge in [0, 0.05) is 22.1 Å². The van der Waals surface area contributed by atoms with Gasteiger partial charge in [-0.2, -0.15) is 5.26 Å². The van der Waals surface area contributed by atoms with Gasteiger partial charge >= 0.3 is 0 Å². The van der Waals surface area contributed by atoms with E-state index in [9.17, 15) is 5.26 Å². The van der Waals surface area contributed by atoms with Crippen LogP contribution in [0.25, 0.3) is 67.3 Å². The van der Waals surface area contributed by atoms with E-state index in [1.807, 2.05) is 42.5 Å². The number of nitriles is 1. The van der Waals surface area contributed by atoms with Gasteiger partial charge in [0.05, 0.1) is 23.0 Å². The molecule has 0 aliphatic heterocycles. The van der Waals surface area contributed by atoms with Gasteiger partial charge in [0.2, 0.25) is 0 Å². The first-order valence-corrected chi connectivity index (χ1v) is 17.6. The SMILES string of the molecule is N#Cc1ccc2c(c1)-c1c(-c3cccc(-c4cccc(-c5cc(-c6ccccc6)nc(-c6ccccc6)n5)c4)c3)cccc1C21CCCCC1. The second-order valence-electron chi connectivity index (χ2n) is 13.6. The third kappa shape index (κ3) is 5.13. The van der Waals surface area contributed by atoms with Crippen LogP contribution in [0.1, 0.15) is 48.8 Å². The Bertz CT molecular complexity index is 2360. The molecule has 2 aliphatic rings. The standard InChI is InChI=1S/C47H35N3/c48-31-32-23-24-41-40(27-32)45-39(21-12-22-42(45)47(41)25-8-3-9-26-47)37-19-10-17-35(28-37)36-18-11-20-38(29-36)44-30-43(33-13-4-1-5-14-33)49-46(50-44)34-15-6-2-7-16-34/h1-2,4-7,10-24,27-30H,3,8-9,25-26H2. The summed E-state index contributed by atoms with van der Waals surface area (Å²) in [5.41, 5.74) is 15.7. The number of rotatable bonds is 5. The monoisotopic (exact) mass is 641 g/mol. The lowest BCUT2D eigenvalue weighted by Gasteiger charge is -2.36. The molecule has 0 amide bonds. The second-order valence-corrected chi connectivity index (χ2v) is 13.6. The van der Waals surface area contributed by atoms with E-state index in [0.717, 1.165) is 57.6 Å². The molecule has 7 aromatic rings. The Hall–Kier alpha value is -6.11. The van der Waals surface area contributed by atoms with E-state index >= 15 is 0 Å². The Morgan fingerprint density at radius 3 is 1.78 bits per heavy atom. The largest absolute Gasteiger partial charge is 0.228 e. The first-order valence-electron chi connectivity index (χ1n) is 17.6. The average Bonchev–Trinajstić information content (AvgIpc) is 3.46. The second kappa shape index (κ2) is 12.4. The number of nitrogens with zero attached hydrogens (tertiary/aromatic N) is 3. The van der Waals surface area contributed by atoms with Crippen LogP contribution in [0.2, 0.25) is 0 Å². The third-order valence-electron chi connectivity index (χ3n) is 10.7. The lowest BCUT2D eigenvalue weighted by Crippen LogP contribution is -2.28. The van der Waals surface area contributed by atoms with Crippen molar-refractivity contribution in [2.45, 2.75) is 37.5 Å². The molecular formula is C47H35N3. The zero-order valence-electron chi connectivity index (χ0n) is 27.8. The smallest absolute Gasteiger partial charge is 0.160 e. The van der Waals surface area contributed by atoms with E-state index in [1.165, 1.54) is 52.6 Å². The Morgan fingerprint density at radius 2 is 1.06 bits per heavy atom. The number of aromatic nitrogens is 2. The minimum absolute atomic E-state index is 0.0353. The van der Waals surface area contributed by atoms with Crippen molar-refractivity contribution in [2.24, 2.45) is 0 Å². The third-order valence-corrected chi connectivity index (χ3v) is 10.7. The highest BCUT2D eigenvalue weighted by atomic mass is 14.9. The van der Waals surface area contributed by atoms with E-state index in [4.69, 9.17) is 9.97 Å². The molecule has 9 rings (SSSR count). The molecule has 1 fully saturated rings. The van der Waals surface area contributed by atoms with Crippen molar-refractivity contribution in [1.82, 2.24) is 9.97 Å². The number of hydrogen-bond donors (Lipinski definition) is 0. The van der Waals surface area contributed by atoms with Crippen LogP contribution in [0.3, 0.4) is 0 Å². The molecule has 1 saturated carbocycles. The van der Waals surface area contributed by atoms with Gasteiger partial charge in [-0.1, -0.05) is 141 Å². The highest BCUT2D eigenvalue weighted by Crippen LogP contribution is 2.58. The van der Waals surface area contributed by atoms with Crippen molar-refractivity contribution in [3.8, 4) is 73.4 Å². The van der Waals surface area contributed by atoms with Crippen LogP contribution in [-0.4, -0.2) is 9.97 Å². The predicted octanol–water partition coefficient (Wildman–Crippen LogP) is 11.9. The molecule has 0 bridgehead atoms. The van der Waals surface area contributed by atoms with Crippen molar-refractivity contribution < 1.29 is 0 Å². The van der Waals surface area contributed by atoms with Gasteiger partial charge in [-0.05, 0) is 87.7 Å². The molecule has 6 aromatic carbocycles. The molecule has 1 aromatic heterocycles. The minimum atomic E-state index is 0.0353. The van der Waals surface area contributed by atoms with Crippen LogP contribution in [0.15, 0.2) is 152 Å². The molecule has 50 heavy (non-hydrogen) atoms. The molecule has 3 nitrogen and oxygen atoms in total. The fourth-order valence-corrected chi connectivity index (χ4v) is 8.35. The molecule has 3 heteroatoms. The van der Waals surface area contributed by atoms with Gasteiger partial charge in [-0.15, -0.1) is 0 Å². The Balaban J connectivity index is 1.15. The molecule has 0 saturated heterocycles. The molecular weight excluding hydrogens is 607 g/mol. The Labute approximate surface area is 293 Å². The van der Waals surface area contributed by atoms with E-state index in [1.54, 1.807) is 0 Å². The first-order chi connectivity index (χ1) is 24.7. The molecule has 238 valence electrons. The van der Waals surface area contributed by atoms with Gasteiger partial charge < -0.3 is 0 Å². The maximum absolute atomic E-state index is 9.86. The predicted molar refractivity (Wildman–Crippen MR) is 203 cm³/mol. The lowest BCUT2D eigenvalue weighted by atomic mass is 9.67. The molecule has 2 aliphatic carbocycles. The summed E-state index contributed by atoms with van der Waals surface area (Å²) in [6, 6.07) is 55.8. The van der Waals surface area contributed by atoms with Crippen LogP contribution in [-0.2, 0) is 5.41 Å². The van der Waals surface area contributed by atoms with Crippen LogP contribution in [0, 0.1) is 11.3 Å².